The van der Waals surface area contributed by atoms with Crippen LogP contribution in [0.15, 0.2) is 29.3 Å². The van der Waals surface area contributed by atoms with Crippen molar-refractivity contribution in [2.45, 2.75) is 39.5 Å². The summed E-state index contributed by atoms with van der Waals surface area (Å²) in [4.78, 5) is 4.49. The van der Waals surface area contributed by atoms with Crippen LogP contribution >= 0.6 is 24.0 Å². The number of aryl methyl sites for hydroxylation is 1. The topological polar surface area (TPSA) is 50.4 Å². The number of benzene rings is 1. The number of anilines is 1. The van der Waals surface area contributed by atoms with Gasteiger partial charge in [-0.2, -0.15) is 0 Å². The van der Waals surface area contributed by atoms with Crippen molar-refractivity contribution in [3.8, 4) is 0 Å². The highest BCUT2D eigenvalue weighted by molar-refractivity contribution is 14.0. The molecule has 3 N–H and O–H groups in total. The van der Waals surface area contributed by atoms with E-state index in [0.717, 1.165) is 12.2 Å². The second-order valence-electron chi connectivity index (χ2n) is 5.45. The first kappa shape index (κ1) is 16.3. The molecule has 0 spiro atoms. The highest BCUT2D eigenvalue weighted by atomic mass is 127. The number of aliphatic imine (C=N–C) groups is 1. The third kappa shape index (κ3) is 5.01. The predicted octanol–water partition coefficient (Wildman–Crippen LogP) is 3.92. The van der Waals surface area contributed by atoms with E-state index in [-0.39, 0.29) is 24.0 Å². The average molecular weight is 373 g/mol. The molecule has 0 heterocycles. The molecule has 0 amide bonds. The Kier molecular flexibility index (Phi) is 6.10. The summed E-state index contributed by atoms with van der Waals surface area (Å²) in [6.45, 7) is 5.17. The first-order chi connectivity index (χ1) is 8.63. The summed E-state index contributed by atoms with van der Waals surface area (Å²) in [7, 11) is 0. The van der Waals surface area contributed by atoms with E-state index in [2.05, 4.69) is 36.3 Å². The number of hydrogen-bond acceptors (Lipinski definition) is 1. The van der Waals surface area contributed by atoms with E-state index in [0.29, 0.717) is 11.4 Å². The van der Waals surface area contributed by atoms with Gasteiger partial charge in [0.2, 0.25) is 0 Å². The normalized spacial score (nSPS) is 16.6. The third-order valence-electron chi connectivity index (χ3n) is 3.61. The Bertz CT molecular complexity index is 439. The lowest BCUT2D eigenvalue weighted by molar-refractivity contribution is 0.473. The molecular formula is C15H24IN3. The summed E-state index contributed by atoms with van der Waals surface area (Å²) < 4.78 is 0. The third-order valence-corrected chi connectivity index (χ3v) is 3.61. The minimum Gasteiger partial charge on any atom is -0.370 e. The summed E-state index contributed by atoms with van der Waals surface area (Å²) >= 11 is 0. The highest BCUT2D eigenvalue weighted by Gasteiger charge is 2.41. The average Bonchev–Trinajstić information content (AvgIpc) is 3.08. The molecule has 0 atom stereocenters. The first-order valence-corrected chi connectivity index (χ1v) is 6.77. The Labute approximate surface area is 133 Å². The summed E-state index contributed by atoms with van der Waals surface area (Å²) in [5.41, 5.74) is 8.62. The molecule has 1 fully saturated rings. The van der Waals surface area contributed by atoms with Crippen LogP contribution in [0.1, 0.15) is 38.2 Å². The van der Waals surface area contributed by atoms with Crippen molar-refractivity contribution < 1.29 is 0 Å². The molecule has 3 nitrogen and oxygen atoms in total. The maximum absolute atomic E-state index is 5.93. The van der Waals surface area contributed by atoms with Crippen molar-refractivity contribution in [2.75, 3.05) is 11.9 Å². The summed E-state index contributed by atoms with van der Waals surface area (Å²) in [5, 5.41) is 3.15. The molecule has 1 saturated carbocycles. The molecule has 0 radical (unpaired) electrons. The molecule has 19 heavy (non-hydrogen) atoms. The molecule has 0 aliphatic heterocycles. The SMILES string of the molecule is CCCC1(CN=C(N)Nc2cccc(C)c2)CC1.I. The van der Waals surface area contributed by atoms with E-state index in [9.17, 15) is 0 Å². The standard InChI is InChI=1S/C15H23N3.HI/c1-3-7-15(8-9-15)11-17-14(16)18-13-6-4-5-12(2)10-13;/h4-6,10H,3,7-9,11H2,1-2H3,(H3,16,17,18);1H. The number of guanidine groups is 1. The maximum Gasteiger partial charge on any atom is 0.193 e. The number of halogens is 1. The lowest BCUT2D eigenvalue weighted by Crippen LogP contribution is -2.24. The van der Waals surface area contributed by atoms with E-state index >= 15 is 0 Å². The van der Waals surface area contributed by atoms with E-state index in [1.807, 2.05) is 12.1 Å². The highest BCUT2D eigenvalue weighted by Crippen LogP contribution is 2.49. The molecule has 1 aliphatic rings. The minimum atomic E-state index is 0. The second kappa shape index (κ2) is 7.12. The van der Waals surface area contributed by atoms with Gasteiger partial charge in [0.1, 0.15) is 0 Å². The Morgan fingerprint density at radius 3 is 2.74 bits per heavy atom. The molecule has 1 aromatic rings. The zero-order valence-electron chi connectivity index (χ0n) is 11.8. The molecule has 4 heteroatoms. The van der Waals surface area contributed by atoms with Gasteiger partial charge < -0.3 is 11.1 Å². The van der Waals surface area contributed by atoms with Gasteiger partial charge in [-0.3, -0.25) is 4.99 Å². The second-order valence-corrected chi connectivity index (χ2v) is 5.45. The van der Waals surface area contributed by atoms with Crippen LogP contribution < -0.4 is 11.1 Å². The van der Waals surface area contributed by atoms with Crippen LogP contribution in [0.2, 0.25) is 0 Å². The fourth-order valence-corrected chi connectivity index (χ4v) is 2.36. The molecule has 106 valence electrons. The number of hydrogen-bond donors (Lipinski definition) is 2. The number of nitrogens with two attached hydrogens (primary N) is 1. The van der Waals surface area contributed by atoms with E-state index in [1.165, 1.54) is 31.2 Å². The molecule has 0 bridgehead atoms. The summed E-state index contributed by atoms with van der Waals surface area (Å²) in [5.74, 6) is 0.531. The largest absolute Gasteiger partial charge is 0.370 e. The van der Waals surface area contributed by atoms with Gasteiger partial charge in [0.15, 0.2) is 5.96 Å². The van der Waals surface area contributed by atoms with Gasteiger partial charge >= 0.3 is 0 Å². The lowest BCUT2D eigenvalue weighted by Gasteiger charge is -2.12. The fraction of sp³-hybridized carbons (Fsp3) is 0.533. The van der Waals surface area contributed by atoms with E-state index in [4.69, 9.17) is 5.73 Å². The van der Waals surface area contributed by atoms with Crippen LogP contribution in [0, 0.1) is 12.3 Å². The Hall–Kier alpha value is -0.780. The number of nitrogens with zero attached hydrogens (tertiary/aromatic N) is 1. The number of nitrogens with one attached hydrogen (secondary N) is 1. The van der Waals surface area contributed by atoms with Crippen LogP contribution in [-0.4, -0.2) is 12.5 Å². The van der Waals surface area contributed by atoms with Crippen LogP contribution in [0.25, 0.3) is 0 Å². The van der Waals surface area contributed by atoms with Crippen molar-refractivity contribution in [3.05, 3.63) is 29.8 Å². The Morgan fingerprint density at radius 2 is 2.16 bits per heavy atom. The molecule has 0 saturated heterocycles. The van der Waals surface area contributed by atoms with Crippen molar-refractivity contribution in [1.29, 1.82) is 0 Å². The smallest absolute Gasteiger partial charge is 0.193 e. The summed E-state index contributed by atoms with van der Waals surface area (Å²) in [6.07, 6.45) is 5.12. The molecule has 1 aromatic carbocycles. The molecule has 2 rings (SSSR count). The minimum absolute atomic E-state index is 0. The van der Waals surface area contributed by atoms with Gasteiger partial charge in [-0.25, -0.2) is 0 Å². The van der Waals surface area contributed by atoms with Crippen molar-refractivity contribution in [1.82, 2.24) is 0 Å². The van der Waals surface area contributed by atoms with E-state index < -0.39 is 0 Å². The van der Waals surface area contributed by atoms with Gasteiger partial charge in [0.25, 0.3) is 0 Å². The van der Waals surface area contributed by atoms with Gasteiger partial charge in [-0.05, 0) is 49.3 Å². The molecular weight excluding hydrogens is 349 g/mol. The zero-order chi connectivity index (χ0) is 13.0. The monoisotopic (exact) mass is 373 g/mol. The van der Waals surface area contributed by atoms with Crippen molar-refractivity contribution in [3.63, 3.8) is 0 Å². The van der Waals surface area contributed by atoms with Crippen LogP contribution in [-0.2, 0) is 0 Å². The van der Waals surface area contributed by atoms with Crippen molar-refractivity contribution in [2.24, 2.45) is 16.1 Å². The maximum atomic E-state index is 5.93. The molecule has 0 unspecified atom stereocenters. The van der Waals surface area contributed by atoms with Gasteiger partial charge in [0.05, 0.1) is 0 Å². The molecule has 1 aliphatic carbocycles. The van der Waals surface area contributed by atoms with Gasteiger partial charge in [-0.15, -0.1) is 24.0 Å². The summed E-state index contributed by atoms with van der Waals surface area (Å²) in [6, 6.07) is 8.17. The Balaban J connectivity index is 0.00000180. The van der Waals surface area contributed by atoms with Gasteiger partial charge in [0, 0.05) is 12.2 Å². The molecule has 0 aromatic heterocycles. The number of rotatable bonds is 5. The van der Waals surface area contributed by atoms with Gasteiger partial charge in [-0.1, -0.05) is 25.5 Å². The Morgan fingerprint density at radius 1 is 1.42 bits per heavy atom. The van der Waals surface area contributed by atoms with Crippen LogP contribution in [0.3, 0.4) is 0 Å². The lowest BCUT2D eigenvalue weighted by atomic mass is 10.0. The first-order valence-electron chi connectivity index (χ1n) is 6.77. The predicted molar refractivity (Wildman–Crippen MR) is 93.3 cm³/mol. The van der Waals surface area contributed by atoms with E-state index in [1.54, 1.807) is 0 Å². The van der Waals surface area contributed by atoms with Crippen LogP contribution in [0.5, 0.6) is 0 Å². The zero-order valence-corrected chi connectivity index (χ0v) is 14.1. The van der Waals surface area contributed by atoms with Crippen LogP contribution in [0.4, 0.5) is 5.69 Å². The fourth-order valence-electron chi connectivity index (χ4n) is 2.36. The van der Waals surface area contributed by atoms with Crippen molar-refractivity contribution >= 4 is 35.6 Å². The quantitative estimate of drug-likeness (QED) is 0.467.